The Labute approximate surface area is 104 Å². The number of carbonyl (C=O) groups is 1. The average molecular weight is 318 g/mol. The van der Waals surface area contributed by atoms with E-state index in [9.17, 15) is 4.79 Å². The molecule has 0 aliphatic carbocycles. The highest BCUT2D eigenvalue weighted by atomic mass is 127. The maximum Gasteiger partial charge on any atom is 0.226 e. The summed E-state index contributed by atoms with van der Waals surface area (Å²) in [6.07, 6.45) is 0. The van der Waals surface area contributed by atoms with E-state index in [0.29, 0.717) is 11.3 Å². The fraction of sp³-hybridized carbons (Fsp3) is 0.417. The Morgan fingerprint density at radius 1 is 1.33 bits per heavy atom. The summed E-state index contributed by atoms with van der Waals surface area (Å²) >= 11 is 1.77. The van der Waals surface area contributed by atoms with Crippen molar-refractivity contribution < 1.29 is 9.53 Å². The van der Waals surface area contributed by atoms with Crippen molar-refractivity contribution in [3.8, 4) is 5.75 Å². The quantitative estimate of drug-likeness (QED) is 0.615. The largest absolute Gasteiger partial charge is 0.496 e. The lowest BCUT2D eigenvalue weighted by atomic mass is 9.86. The zero-order valence-corrected chi connectivity index (χ0v) is 11.6. The topological polar surface area (TPSA) is 26.3 Å². The maximum absolute atomic E-state index is 11.3. The van der Waals surface area contributed by atoms with Gasteiger partial charge in [-0.1, -0.05) is 26.8 Å². The summed E-state index contributed by atoms with van der Waals surface area (Å²) in [6, 6.07) is 5.74. The molecule has 82 valence electrons. The molecule has 0 bridgehead atoms. The van der Waals surface area contributed by atoms with Gasteiger partial charge in [0.1, 0.15) is 5.75 Å². The second-order valence-corrected chi connectivity index (χ2v) is 5.42. The molecule has 0 saturated carbocycles. The normalized spacial score (nSPS) is 11.3. The minimum atomic E-state index is 0.00455. The van der Waals surface area contributed by atoms with Gasteiger partial charge in [-0.15, -0.1) is 0 Å². The first-order chi connectivity index (χ1) is 6.86. The first-order valence-corrected chi connectivity index (χ1v) is 5.82. The maximum atomic E-state index is 11.3. The van der Waals surface area contributed by atoms with E-state index in [1.54, 1.807) is 29.7 Å². The Hall–Kier alpha value is -0.580. The van der Waals surface area contributed by atoms with E-state index in [0.717, 1.165) is 0 Å². The highest BCUT2D eigenvalue weighted by Gasteiger charge is 2.17. The van der Waals surface area contributed by atoms with Crippen LogP contribution < -0.4 is 4.74 Å². The fourth-order valence-electron chi connectivity index (χ4n) is 1.32. The van der Waals surface area contributed by atoms with E-state index in [1.165, 1.54) is 5.56 Å². The van der Waals surface area contributed by atoms with Crippen LogP contribution in [0.25, 0.3) is 0 Å². The van der Waals surface area contributed by atoms with E-state index >= 15 is 0 Å². The molecule has 2 nitrogen and oxygen atoms in total. The number of methoxy groups -OCH3 is 1. The molecule has 0 unspecified atom stereocenters. The molecule has 1 aromatic carbocycles. The van der Waals surface area contributed by atoms with Gasteiger partial charge in [0.25, 0.3) is 0 Å². The molecule has 0 saturated heterocycles. The minimum Gasteiger partial charge on any atom is -0.496 e. The summed E-state index contributed by atoms with van der Waals surface area (Å²) in [5.41, 5.74) is 1.87. The molecule has 0 aliphatic heterocycles. The third-order valence-corrected chi connectivity index (χ3v) is 2.86. The van der Waals surface area contributed by atoms with Gasteiger partial charge in [-0.05, 0) is 23.1 Å². The molecule has 3 heteroatoms. The molecule has 0 spiro atoms. The van der Waals surface area contributed by atoms with E-state index in [-0.39, 0.29) is 9.20 Å². The summed E-state index contributed by atoms with van der Waals surface area (Å²) in [4.78, 5) is 11.3. The van der Waals surface area contributed by atoms with Gasteiger partial charge in [-0.3, -0.25) is 4.79 Å². The van der Waals surface area contributed by atoms with Crippen molar-refractivity contribution in [3.05, 3.63) is 29.3 Å². The Morgan fingerprint density at radius 2 is 1.93 bits per heavy atom. The van der Waals surface area contributed by atoms with Crippen molar-refractivity contribution in [2.45, 2.75) is 26.2 Å². The Morgan fingerprint density at radius 3 is 2.33 bits per heavy atom. The van der Waals surface area contributed by atoms with Crippen LogP contribution in [0.5, 0.6) is 5.75 Å². The lowest BCUT2D eigenvalue weighted by Gasteiger charge is -2.20. The second kappa shape index (κ2) is 4.51. The third kappa shape index (κ3) is 2.93. The fourth-order valence-corrected chi connectivity index (χ4v) is 1.77. The van der Waals surface area contributed by atoms with Gasteiger partial charge < -0.3 is 4.74 Å². The van der Waals surface area contributed by atoms with Crippen LogP contribution in [0.2, 0.25) is 0 Å². The molecule has 0 heterocycles. The minimum absolute atomic E-state index is 0.00455. The van der Waals surface area contributed by atoms with Gasteiger partial charge >= 0.3 is 0 Å². The summed E-state index contributed by atoms with van der Waals surface area (Å²) < 4.78 is 5.22. The zero-order valence-electron chi connectivity index (χ0n) is 9.43. The van der Waals surface area contributed by atoms with Crippen LogP contribution in [0.1, 0.15) is 36.7 Å². The Balaban J connectivity index is 3.25. The van der Waals surface area contributed by atoms with Crippen LogP contribution in [-0.4, -0.2) is 10.9 Å². The van der Waals surface area contributed by atoms with Crippen LogP contribution in [0.15, 0.2) is 18.2 Å². The summed E-state index contributed by atoms with van der Waals surface area (Å²) in [6.45, 7) is 6.40. The number of carbonyl (C=O) groups excluding carboxylic acids is 1. The standard InChI is InChI=1S/C12H15IO2/c1-12(2,3)8-5-6-9(11(13)14)10(7-8)15-4/h5-7H,1-4H3. The summed E-state index contributed by atoms with van der Waals surface area (Å²) in [7, 11) is 1.59. The lowest BCUT2D eigenvalue weighted by Crippen LogP contribution is -2.11. The molecular formula is C12H15IO2. The molecule has 0 fully saturated rings. The SMILES string of the molecule is COc1cc(C(C)(C)C)ccc1C(=O)I. The van der Waals surface area contributed by atoms with Crippen LogP contribution in [0.4, 0.5) is 0 Å². The highest BCUT2D eigenvalue weighted by Crippen LogP contribution is 2.29. The van der Waals surface area contributed by atoms with Gasteiger partial charge in [-0.2, -0.15) is 0 Å². The van der Waals surface area contributed by atoms with Crippen molar-refractivity contribution in [1.82, 2.24) is 0 Å². The van der Waals surface area contributed by atoms with Crippen molar-refractivity contribution in [3.63, 3.8) is 0 Å². The highest BCUT2D eigenvalue weighted by molar-refractivity contribution is 14.1. The molecular weight excluding hydrogens is 303 g/mol. The first kappa shape index (κ1) is 12.5. The monoisotopic (exact) mass is 318 g/mol. The third-order valence-electron chi connectivity index (χ3n) is 2.28. The zero-order chi connectivity index (χ0) is 11.6. The number of halogens is 1. The number of rotatable bonds is 2. The van der Waals surface area contributed by atoms with Crippen LogP contribution in [0.3, 0.4) is 0 Å². The number of benzene rings is 1. The number of ether oxygens (including phenoxy) is 1. The molecule has 0 aromatic heterocycles. The van der Waals surface area contributed by atoms with Gasteiger partial charge in [0, 0.05) is 22.6 Å². The molecule has 0 atom stereocenters. The van der Waals surface area contributed by atoms with Gasteiger partial charge in [0.05, 0.1) is 12.7 Å². The van der Waals surface area contributed by atoms with Crippen molar-refractivity contribution in [2.24, 2.45) is 0 Å². The second-order valence-electron chi connectivity index (χ2n) is 4.44. The van der Waals surface area contributed by atoms with E-state index in [2.05, 4.69) is 20.8 Å². The van der Waals surface area contributed by atoms with E-state index in [1.807, 2.05) is 18.2 Å². The molecule has 1 rings (SSSR count). The summed E-state index contributed by atoms with van der Waals surface area (Å²) in [5, 5.41) is 0. The van der Waals surface area contributed by atoms with Crippen LogP contribution >= 0.6 is 22.6 Å². The summed E-state index contributed by atoms with van der Waals surface area (Å²) in [5.74, 6) is 0.654. The molecule has 0 amide bonds. The van der Waals surface area contributed by atoms with Gasteiger partial charge in [-0.25, -0.2) is 0 Å². The average Bonchev–Trinajstić information content (AvgIpc) is 2.15. The van der Waals surface area contributed by atoms with E-state index in [4.69, 9.17) is 4.74 Å². The van der Waals surface area contributed by atoms with Crippen molar-refractivity contribution >= 4 is 26.4 Å². The van der Waals surface area contributed by atoms with Crippen molar-refractivity contribution in [2.75, 3.05) is 7.11 Å². The molecule has 0 N–H and O–H groups in total. The van der Waals surface area contributed by atoms with Crippen molar-refractivity contribution in [1.29, 1.82) is 0 Å². The number of hydrogen-bond donors (Lipinski definition) is 0. The molecule has 0 aliphatic rings. The van der Waals surface area contributed by atoms with Crippen LogP contribution in [-0.2, 0) is 5.41 Å². The first-order valence-electron chi connectivity index (χ1n) is 4.74. The lowest BCUT2D eigenvalue weighted by molar-refractivity contribution is 0.110. The molecule has 15 heavy (non-hydrogen) atoms. The van der Waals surface area contributed by atoms with Gasteiger partial charge in [0.15, 0.2) is 0 Å². The Kier molecular flexibility index (Phi) is 3.76. The van der Waals surface area contributed by atoms with Crippen LogP contribution in [0, 0.1) is 0 Å². The van der Waals surface area contributed by atoms with Gasteiger partial charge in [0.2, 0.25) is 3.79 Å². The molecule has 1 aromatic rings. The predicted molar refractivity (Wildman–Crippen MR) is 70.0 cm³/mol. The number of hydrogen-bond acceptors (Lipinski definition) is 2. The Bertz CT molecular complexity index is 378. The molecule has 0 radical (unpaired) electrons. The van der Waals surface area contributed by atoms with E-state index < -0.39 is 0 Å². The predicted octanol–water partition coefficient (Wildman–Crippen LogP) is 3.57. The smallest absolute Gasteiger partial charge is 0.226 e.